The van der Waals surface area contributed by atoms with Gasteiger partial charge in [0.25, 0.3) is 5.91 Å². The Kier molecular flexibility index (Phi) is 6.43. The van der Waals surface area contributed by atoms with E-state index in [2.05, 4.69) is 17.2 Å². The van der Waals surface area contributed by atoms with Crippen LogP contribution in [0.1, 0.15) is 29.8 Å². The number of rotatable bonds is 6. The number of amides is 5. The molecule has 2 aliphatic heterocycles. The minimum atomic E-state index is -0.781. The highest BCUT2D eigenvalue weighted by Gasteiger charge is 2.45. The average Bonchev–Trinajstić information content (AvgIpc) is 3.44. The molecule has 0 radical (unpaired) electrons. The summed E-state index contributed by atoms with van der Waals surface area (Å²) in [5.74, 6) is -1.15. The average molecular weight is 416 g/mol. The van der Waals surface area contributed by atoms with E-state index in [-0.39, 0.29) is 24.8 Å². The van der Waals surface area contributed by atoms with Gasteiger partial charge in [0, 0.05) is 32.9 Å². The number of carbonyl (C=O) groups excluding carboxylic acids is 4. The Hall–Kier alpha value is -3.30. The van der Waals surface area contributed by atoms with Crippen LogP contribution in [0.4, 0.5) is 4.79 Å². The van der Waals surface area contributed by atoms with E-state index in [0.29, 0.717) is 31.6 Å². The van der Waals surface area contributed by atoms with Gasteiger partial charge < -0.3 is 30.7 Å². The number of nitrogens with two attached hydrogens (primary N) is 1. The van der Waals surface area contributed by atoms with Crippen LogP contribution in [0.2, 0.25) is 0 Å². The first-order chi connectivity index (χ1) is 14.3. The number of hydrogen-bond acceptors (Lipinski definition) is 4. The zero-order valence-corrected chi connectivity index (χ0v) is 17.0. The van der Waals surface area contributed by atoms with E-state index < -0.39 is 30.1 Å². The summed E-state index contributed by atoms with van der Waals surface area (Å²) in [6.45, 7) is 4.47. The molecule has 1 aromatic rings. The number of likely N-dealkylation sites (tertiary alicyclic amines) is 2. The summed E-state index contributed by atoms with van der Waals surface area (Å²) in [4.78, 5) is 53.3. The first-order valence-corrected chi connectivity index (χ1v) is 10.0. The maximum atomic E-state index is 13.3. The third-order valence-electron chi connectivity index (χ3n) is 5.62. The molecule has 1 aromatic heterocycles. The number of urea groups is 1. The Labute approximate surface area is 175 Å². The molecule has 0 unspecified atom stereocenters. The highest BCUT2D eigenvalue weighted by molar-refractivity contribution is 5.98. The predicted octanol–water partition coefficient (Wildman–Crippen LogP) is -0.430. The monoisotopic (exact) mass is 416 g/mol. The molecule has 30 heavy (non-hydrogen) atoms. The standard InChI is InChI=1S/C20H28N6O4/c1-3-8-22-20(30)23-13-11-16(19(29)25-10-5-6-14(25)17(21)27)26(12-13)18(28)15-7-4-9-24(15)2/h3-4,7,9,13-14,16H,1,5-6,8,10-12H2,2H3,(H2,21,27)(H2,22,23,30)/t13-,14+,16-/m0/s1. The van der Waals surface area contributed by atoms with Crippen LogP contribution < -0.4 is 16.4 Å². The van der Waals surface area contributed by atoms with Gasteiger partial charge in [-0.25, -0.2) is 4.79 Å². The largest absolute Gasteiger partial charge is 0.368 e. The Morgan fingerprint density at radius 2 is 2.03 bits per heavy atom. The maximum Gasteiger partial charge on any atom is 0.315 e. The highest BCUT2D eigenvalue weighted by atomic mass is 16.2. The van der Waals surface area contributed by atoms with Crippen LogP contribution in [-0.2, 0) is 16.6 Å². The molecule has 3 heterocycles. The molecule has 162 valence electrons. The van der Waals surface area contributed by atoms with E-state index >= 15 is 0 Å². The third-order valence-corrected chi connectivity index (χ3v) is 5.62. The van der Waals surface area contributed by atoms with Gasteiger partial charge in [0.2, 0.25) is 11.8 Å². The number of aromatic nitrogens is 1. The van der Waals surface area contributed by atoms with E-state index in [4.69, 9.17) is 5.73 Å². The molecule has 4 N–H and O–H groups in total. The molecule has 3 atom stereocenters. The molecular formula is C20H28N6O4. The van der Waals surface area contributed by atoms with Crippen LogP contribution in [-0.4, -0.2) is 75.9 Å². The predicted molar refractivity (Wildman–Crippen MR) is 109 cm³/mol. The van der Waals surface area contributed by atoms with Crippen molar-refractivity contribution in [2.45, 2.75) is 37.4 Å². The number of nitrogens with one attached hydrogen (secondary N) is 2. The molecular weight excluding hydrogens is 388 g/mol. The topological polar surface area (TPSA) is 130 Å². The molecule has 0 saturated carbocycles. The van der Waals surface area contributed by atoms with Crippen molar-refractivity contribution in [1.29, 1.82) is 0 Å². The van der Waals surface area contributed by atoms with Crippen molar-refractivity contribution in [2.24, 2.45) is 12.8 Å². The van der Waals surface area contributed by atoms with Gasteiger partial charge in [0.1, 0.15) is 17.8 Å². The summed E-state index contributed by atoms with van der Waals surface area (Å²) in [5.41, 5.74) is 5.91. The van der Waals surface area contributed by atoms with Crippen molar-refractivity contribution in [3.8, 4) is 0 Å². The van der Waals surface area contributed by atoms with Crippen LogP contribution in [0, 0.1) is 0 Å². The molecule has 10 heteroatoms. The lowest BCUT2D eigenvalue weighted by Crippen LogP contribution is -2.52. The summed E-state index contributed by atoms with van der Waals surface area (Å²) in [6, 6.07) is 1.20. The van der Waals surface area contributed by atoms with Gasteiger partial charge in [-0.15, -0.1) is 6.58 Å². The Balaban J connectivity index is 1.81. The number of aryl methyl sites for hydroxylation is 1. The fraction of sp³-hybridized carbons (Fsp3) is 0.500. The lowest BCUT2D eigenvalue weighted by molar-refractivity contribution is -0.140. The summed E-state index contributed by atoms with van der Waals surface area (Å²) in [7, 11) is 1.75. The second kappa shape index (κ2) is 9.02. The number of hydrogen-bond donors (Lipinski definition) is 3. The first-order valence-electron chi connectivity index (χ1n) is 10.0. The molecule has 2 saturated heterocycles. The fourth-order valence-corrected chi connectivity index (χ4v) is 4.15. The fourth-order valence-electron chi connectivity index (χ4n) is 4.15. The molecule has 0 aliphatic carbocycles. The molecule has 0 bridgehead atoms. The van der Waals surface area contributed by atoms with E-state index in [1.54, 1.807) is 36.0 Å². The number of nitrogens with zero attached hydrogens (tertiary/aromatic N) is 3. The van der Waals surface area contributed by atoms with Crippen LogP contribution >= 0.6 is 0 Å². The van der Waals surface area contributed by atoms with Gasteiger partial charge in [-0.1, -0.05) is 6.08 Å². The smallest absolute Gasteiger partial charge is 0.315 e. The van der Waals surface area contributed by atoms with Crippen molar-refractivity contribution in [2.75, 3.05) is 19.6 Å². The van der Waals surface area contributed by atoms with Gasteiger partial charge in [-0.2, -0.15) is 0 Å². The number of primary amides is 1. The van der Waals surface area contributed by atoms with Crippen LogP contribution in [0.15, 0.2) is 31.0 Å². The summed E-state index contributed by atoms with van der Waals surface area (Å²) in [5, 5.41) is 5.44. The molecule has 5 amide bonds. The second-order valence-corrected chi connectivity index (χ2v) is 7.65. The number of carbonyl (C=O) groups is 4. The van der Waals surface area contributed by atoms with Crippen molar-refractivity contribution in [3.63, 3.8) is 0 Å². The summed E-state index contributed by atoms with van der Waals surface area (Å²) < 4.78 is 1.68. The molecule has 0 aromatic carbocycles. The zero-order chi connectivity index (χ0) is 21.8. The maximum absolute atomic E-state index is 13.3. The minimum absolute atomic E-state index is 0.191. The van der Waals surface area contributed by atoms with Gasteiger partial charge in [-0.05, 0) is 31.4 Å². The summed E-state index contributed by atoms with van der Waals surface area (Å²) >= 11 is 0. The third kappa shape index (κ3) is 4.32. The molecule has 2 fully saturated rings. The Bertz CT molecular complexity index is 850. The van der Waals surface area contributed by atoms with Crippen molar-refractivity contribution in [3.05, 3.63) is 36.7 Å². The van der Waals surface area contributed by atoms with E-state index in [9.17, 15) is 19.2 Å². The highest BCUT2D eigenvalue weighted by Crippen LogP contribution is 2.26. The quantitative estimate of drug-likeness (QED) is 0.543. The van der Waals surface area contributed by atoms with Gasteiger partial charge >= 0.3 is 6.03 Å². The van der Waals surface area contributed by atoms with E-state index in [1.807, 2.05) is 0 Å². The molecule has 10 nitrogen and oxygen atoms in total. The van der Waals surface area contributed by atoms with Crippen LogP contribution in [0.3, 0.4) is 0 Å². The second-order valence-electron chi connectivity index (χ2n) is 7.65. The van der Waals surface area contributed by atoms with E-state index in [1.165, 1.54) is 9.80 Å². The van der Waals surface area contributed by atoms with Gasteiger partial charge in [0.05, 0.1) is 6.04 Å². The van der Waals surface area contributed by atoms with Gasteiger partial charge in [-0.3, -0.25) is 14.4 Å². The van der Waals surface area contributed by atoms with Crippen molar-refractivity contribution < 1.29 is 19.2 Å². The lowest BCUT2D eigenvalue weighted by atomic mass is 10.1. The van der Waals surface area contributed by atoms with Gasteiger partial charge in [0.15, 0.2) is 0 Å². The van der Waals surface area contributed by atoms with Crippen LogP contribution in [0.25, 0.3) is 0 Å². The van der Waals surface area contributed by atoms with E-state index in [0.717, 1.165) is 0 Å². The molecule has 2 aliphatic rings. The minimum Gasteiger partial charge on any atom is -0.368 e. The Morgan fingerprint density at radius 3 is 2.67 bits per heavy atom. The lowest BCUT2D eigenvalue weighted by Gasteiger charge is -2.30. The molecule has 0 spiro atoms. The normalized spacial score (nSPS) is 23.3. The summed E-state index contributed by atoms with van der Waals surface area (Å²) in [6.07, 6.45) is 4.78. The van der Waals surface area contributed by atoms with Crippen molar-refractivity contribution in [1.82, 2.24) is 25.0 Å². The zero-order valence-electron chi connectivity index (χ0n) is 17.0. The first kappa shape index (κ1) is 21.4. The van der Waals surface area contributed by atoms with Crippen LogP contribution in [0.5, 0.6) is 0 Å². The molecule has 3 rings (SSSR count). The Morgan fingerprint density at radius 1 is 1.27 bits per heavy atom. The SMILES string of the molecule is C=CCNC(=O)N[C@H]1C[C@@H](C(=O)N2CCC[C@@H]2C(N)=O)N(C(=O)c2cccn2C)C1. The van der Waals surface area contributed by atoms with Crippen molar-refractivity contribution >= 4 is 23.8 Å².